The Balaban J connectivity index is 2.94. The van der Waals surface area contributed by atoms with E-state index in [-0.39, 0.29) is 0 Å². The Bertz CT molecular complexity index is 843. The third-order valence-electron chi connectivity index (χ3n) is 2.71. The summed E-state index contributed by atoms with van der Waals surface area (Å²) in [4.78, 5) is 0. The molecule has 0 atom stereocenters. The molecule has 1 rings (SSSR count). The van der Waals surface area contributed by atoms with E-state index < -0.39 is 50.1 Å². The lowest BCUT2D eigenvalue weighted by Crippen LogP contribution is -2.21. The minimum atomic E-state index is -4.24. The third kappa shape index (κ3) is 9.09. The molecule has 148 valence electrons. The van der Waals surface area contributed by atoms with E-state index in [9.17, 15) is 21.4 Å². The van der Waals surface area contributed by atoms with E-state index in [1.54, 1.807) is 58.0 Å². The molecule has 1 aromatic rings. The minimum absolute atomic E-state index is 0.538. The zero-order chi connectivity index (χ0) is 20.0. The van der Waals surface area contributed by atoms with E-state index >= 15 is 0 Å². The Labute approximate surface area is 155 Å². The molecule has 0 aliphatic heterocycles. The summed E-state index contributed by atoms with van der Waals surface area (Å²) in [7, 11) is -12.3. The van der Waals surface area contributed by atoms with Crippen LogP contribution in [0.4, 0.5) is 0 Å². The van der Waals surface area contributed by atoms with Gasteiger partial charge in [-0.05, 0) is 39.3 Å². The number of hydrogen-bond donors (Lipinski definition) is 0. The largest absolute Gasteiger partial charge is 0.346 e. The molecule has 0 aromatic heterocycles. The highest BCUT2D eigenvalue weighted by Crippen LogP contribution is 2.51. The topological polar surface area (TPSA) is 104 Å². The second-order valence-corrected chi connectivity index (χ2v) is 13.0. The van der Waals surface area contributed by atoms with Crippen LogP contribution >= 0.6 is 7.60 Å². The molecule has 0 heterocycles. The lowest BCUT2D eigenvalue weighted by atomic mass is 10.2. The quantitative estimate of drug-likeness (QED) is 0.530. The van der Waals surface area contributed by atoms with Gasteiger partial charge in [-0.25, -0.2) is 16.8 Å². The Kier molecular flexibility index (Phi) is 8.23. The molecule has 0 N–H and O–H groups in total. The summed E-state index contributed by atoms with van der Waals surface area (Å²) in [6, 6.07) is 8.60. The van der Waals surface area contributed by atoms with Crippen LogP contribution in [0.2, 0.25) is 0 Å². The van der Waals surface area contributed by atoms with Crippen molar-refractivity contribution >= 4 is 33.3 Å². The van der Waals surface area contributed by atoms with Crippen LogP contribution in [-0.4, -0.2) is 39.6 Å². The van der Waals surface area contributed by atoms with Crippen LogP contribution in [0.5, 0.6) is 0 Å². The molecule has 7 nitrogen and oxygen atoms in total. The highest BCUT2D eigenvalue weighted by atomic mass is 32.3. The van der Waals surface area contributed by atoms with Gasteiger partial charge in [0.2, 0.25) is 0 Å². The SMILES string of the molecule is CC(C)OP(=O)(CS(=O)(=O)CS(=O)(=O)/C=C/c1ccccc1)OC(C)C. The van der Waals surface area contributed by atoms with Crippen LogP contribution in [0.1, 0.15) is 33.3 Å². The fourth-order valence-corrected chi connectivity index (χ4v) is 9.44. The summed E-state index contributed by atoms with van der Waals surface area (Å²) < 4.78 is 71.8. The highest BCUT2D eigenvalue weighted by molar-refractivity contribution is 8.11. The van der Waals surface area contributed by atoms with Crippen molar-refractivity contribution in [3.63, 3.8) is 0 Å². The van der Waals surface area contributed by atoms with Crippen molar-refractivity contribution in [2.45, 2.75) is 39.9 Å². The van der Waals surface area contributed by atoms with Crippen LogP contribution in [0.3, 0.4) is 0 Å². The number of benzene rings is 1. The molecule has 0 saturated carbocycles. The van der Waals surface area contributed by atoms with Crippen molar-refractivity contribution in [1.29, 1.82) is 0 Å². The summed E-state index contributed by atoms with van der Waals surface area (Å²) in [5, 5.41) is -0.340. The molecule has 0 amide bonds. The number of hydrogen-bond acceptors (Lipinski definition) is 7. The second-order valence-electron chi connectivity index (χ2n) is 6.29. The first-order valence-electron chi connectivity index (χ1n) is 7.95. The molecule has 0 spiro atoms. The van der Waals surface area contributed by atoms with E-state index in [4.69, 9.17) is 9.05 Å². The maximum atomic E-state index is 12.7. The average molecular weight is 424 g/mol. The van der Waals surface area contributed by atoms with Gasteiger partial charge < -0.3 is 9.05 Å². The van der Waals surface area contributed by atoms with Crippen LogP contribution in [-0.2, 0) is 33.3 Å². The minimum Gasteiger partial charge on any atom is -0.305 e. The summed E-state index contributed by atoms with van der Waals surface area (Å²) in [5.74, 6) is 0. The molecule has 26 heavy (non-hydrogen) atoms. The molecule has 0 unspecified atom stereocenters. The molecular formula is C16H25O7PS2. The van der Waals surface area contributed by atoms with Gasteiger partial charge in [-0.2, -0.15) is 0 Å². The predicted molar refractivity (Wildman–Crippen MR) is 103 cm³/mol. The Morgan fingerprint density at radius 2 is 1.46 bits per heavy atom. The Morgan fingerprint density at radius 3 is 1.92 bits per heavy atom. The van der Waals surface area contributed by atoms with Gasteiger partial charge in [0, 0.05) is 5.41 Å². The van der Waals surface area contributed by atoms with Crippen molar-refractivity contribution < 1.29 is 30.4 Å². The molecule has 0 bridgehead atoms. The van der Waals surface area contributed by atoms with Gasteiger partial charge in [0.15, 0.2) is 30.3 Å². The lowest BCUT2D eigenvalue weighted by molar-refractivity contribution is 0.145. The molecule has 0 fully saturated rings. The zero-order valence-electron chi connectivity index (χ0n) is 15.2. The first kappa shape index (κ1) is 23.0. The monoisotopic (exact) mass is 424 g/mol. The van der Waals surface area contributed by atoms with E-state index in [2.05, 4.69) is 0 Å². The third-order valence-corrected chi connectivity index (χ3v) is 10.3. The molecule has 0 saturated heterocycles. The van der Waals surface area contributed by atoms with Gasteiger partial charge in [-0.1, -0.05) is 30.3 Å². The smallest absolute Gasteiger partial charge is 0.305 e. The normalized spacial score (nSPS) is 13.8. The first-order chi connectivity index (χ1) is 11.8. The van der Waals surface area contributed by atoms with E-state index in [1.807, 2.05) is 0 Å². The molecular weight excluding hydrogens is 399 g/mol. The zero-order valence-corrected chi connectivity index (χ0v) is 17.8. The van der Waals surface area contributed by atoms with Crippen LogP contribution in [0, 0.1) is 0 Å². The summed E-state index contributed by atoms with van der Waals surface area (Å²) in [6.45, 7) is 6.34. The standard InChI is InChI=1S/C16H25O7PS2/c1-14(2)22-24(17,23-15(3)4)12-26(20,21)13-25(18,19)11-10-16-8-6-5-7-9-16/h5-11,14-15H,12-13H2,1-4H3/b11-10+. The van der Waals surface area contributed by atoms with Gasteiger partial charge in [-0.3, -0.25) is 4.57 Å². The van der Waals surface area contributed by atoms with Gasteiger partial charge in [0.25, 0.3) is 0 Å². The predicted octanol–water partition coefficient (Wildman–Crippen LogP) is 3.45. The second kappa shape index (κ2) is 9.28. The van der Waals surface area contributed by atoms with E-state index in [0.717, 1.165) is 5.41 Å². The van der Waals surface area contributed by atoms with Crippen molar-refractivity contribution in [3.05, 3.63) is 41.3 Å². The van der Waals surface area contributed by atoms with Crippen LogP contribution in [0.15, 0.2) is 35.7 Å². The van der Waals surface area contributed by atoms with E-state index in [0.29, 0.717) is 5.56 Å². The Hall–Kier alpha value is -0.990. The van der Waals surface area contributed by atoms with E-state index in [1.165, 1.54) is 6.08 Å². The fourth-order valence-electron chi connectivity index (χ4n) is 2.04. The maximum absolute atomic E-state index is 12.7. The van der Waals surface area contributed by atoms with Crippen molar-refractivity contribution in [1.82, 2.24) is 0 Å². The fraction of sp³-hybridized carbons (Fsp3) is 0.500. The van der Waals surface area contributed by atoms with Gasteiger partial charge in [-0.15, -0.1) is 0 Å². The molecule has 0 radical (unpaired) electrons. The molecule has 1 aromatic carbocycles. The van der Waals surface area contributed by atoms with Crippen LogP contribution in [0.25, 0.3) is 6.08 Å². The number of sulfone groups is 2. The van der Waals surface area contributed by atoms with Crippen molar-refractivity contribution in [2.24, 2.45) is 0 Å². The van der Waals surface area contributed by atoms with Gasteiger partial charge >= 0.3 is 7.60 Å². The van der Waals surface area contributed by atoms with Gasteiger partial charge in [0.05, 0.1) is 12.2 Å². The maximum Gasteiger partial charge on any atom is 0.346 e. The lowest BCUT2D eigenvalue weighted by Gasteiger charge is -2.22. The summed E-state index contributed by atoms with van der Waals surface area (Å²) in [6.07, 6.45) is 0.230. The molecule has 10 heteroatoms. The van der Waals surface area contributed by atoms with Crippen LogP contribution < -0.4 is 0 Å². The Morgan fingerprint density at radius 1 is 0.962 bits per heavy atom. The molecule has 0 aliphatic rings. The first-order valence-corrected chi connectivity index (χ1v) is 13.2. The molecule has 0 aliphatic carbocycles. The summed E-state index contributed by atoms with van der Waals surface area (Å²) in [5.41, 5.74) is -0.375. The van der Waals surface area contributed by atoms with Crippen molar-refractivity contribution in [2.75, 3.05) is 10.6 Å². The van der Waals surface area contributed by atoms with Gasteiger partial charge in [0.1, 0.15) is 0 Å². The number of rotatable bonds is 10. The van der Waals surface area contributed by atoms with Crippen molar-refractivity contribution in [3.8, 4) is 0 Å². The summed E-state index contributed by atoms with van der Waals surface area (Å²) >= 11 is 0. The highest BCUT2D eigenvalue weighted by Gasteiger charge is 2.36. The average Bonchev–Trinajstić information content (AvgIpc) is 2.42.